The quantitative estimate of drug-likeness (QED) is 0.783. The first-order valence-corrected chi connectivity index (χ1v) is 7.63. The van der Waals surface area contributed by atoms with Crippen molar-refractivity contribution in [2.24, 2.45) is 0 Å². The number of rotatable bonds is 3. The zero-order chi connectivity index (χ0) is 15.5. The van der Waals surface area contributed by atoms with Crippen LogP contribution in [-0.2, 0) is 9.59 Å². The summed E-state index contributed by atoms with van der Waals surface area (Å²) in [5.41, 5.74) is 0.887. The predicted octanol–water partition coefficient (Wildman–Crippen LogP) is 1.19. The van der Waals surface area contributed by atoms with Gasteiger partial charge in [0.2, 0.25) is 11.8 Å². The fourth-order valence-electron chi connectivity index (χ4n) is 3.00. The molecule has 1 aromatic carbocycles. The van der Waals surface area contributed by atoms with Crippen LogP contribution < -0.4 is 16.0 Å². The summed E-state index contributed by atoms with van der Waals surface area (Å²) in [6, 6.07) is 6.16. The molecule has 6 heteroatoms. The van der Waals surface area contributed by atoms with Gasteiger partial charge in [-0.3, -0.25) is 14.4 Å². The van der Waals surface area contributed by atoms with Crippen molar-refractivity contribution in [3.63, 3.8) is 0 Å². The van der Waals surface area contributed by atoms with Crippen LogP contribution in [0.15, 0.2) is 24.3 Å². The lowest BCUT2D eigenvalue weighted by atomic mass is 10.1. The van der Waals surface area contributed by atoms with Gasteiger partial charge in [0.25, 0.3) is 5.91 Å². The minimum Gasteiger partial charge on any atom is -0.353 e. The molecule has 1 saturated carbocycles. The topological polar surface area (TPSA) is 87.3 Å². The number of amides is 3. The van der Waals surface area contributed by atoms with E-state index in [1.807, 2.05) is 0 Å². The van der Waals surface area contributed by atoms with Gasteiger partial charge < -0.3 is 16.0 Å². The summed E-state index contributed by atoms with van der Waals surface area (Å²) in [7, 11) is 0. The molecule has 1 heterocycles. The van der Waals surface area contributed by atoms with E-state index >= 15 is 0 Å². The van der Waals surface area contributed by atoms with Crippen molar-refractivity contribution >= 4 is 23.4 Å². The standard InChI is InChI=1S/C16H19N3O3/c20-14(17-10-5-1-2-6-10)9-13-16(22)18-12-8-4-3-7-11(12)15(21)19-13/h3-4,7-8,10,13H,1-2,5-6,9H2,(H,17,20)(H,18,22)(H,19,21). The molecule has 3 N–H and O–H groups in total. The van der Waals surface area contributed by atoms with E-state index in [-0.39, 0.29) is 30.2 Å². The third-order valence-electron chi connectivity index (χ3n) is 4.16. The maximum Gasteiger partial charge on any atom is 0.254 e. The SMILES string of the molecule is O=C(CC1NC(=O)c2ccccc2NC1=O)NC1CCCC1. The van der Waals surface area contributed by atoms with Gasteiger partial charge in [0.05, 0.1) is 17.7 Å². The highest BCUT2D eigenvalue weighted by molar-refractivity contribution is 6.10. The molecule has 2 aliphatic rings. The average Bonchev–Trinajstić information content (AvgIpc) is 2.95. The molecule has 0 aromatic heterocycles. The van der Waals surface area contributed by atoms with E-state index in [1.165, 1.54) is 0 Å². The summed E-state index contributed by atoms with van der Waals surface area (Å²) in [6.07, 6.45) is 4.19. The fourth-order valence-corrected chi connectivity index (χ4v) is 3.00. The second kappa shape index (κ2) is 6.17. The molecule has 116 valence electrons. The van der Waals surface area contributed by atoms with Crippen LogP contribution in [0.2, 0.25) is 0 Å². The van der Waals surface area contributed by atoms with E-state index in [0.29, 0.717) is 11.3 Å². The Labute approximate surface area is 128 Å². The van der Waals surface area contributed by atoms with Crippen LogP contribution in [0.4, 0.5) is 5.69 Å². The minimum absolute atomic E-state index is 0.0396. The first-order chi connectivity index (χ1) is 10.6. The largest absolute Gasteiger partial charge is 0.353 e. The lowest BCUT2D eigenvalue weighted by Crippen LogP contribution is -2.45. The monoisotopic (exact) mass is 301 g/mol. The third-order valence-corrected chi connectivity index (χ3v) is 4.16. The Morgan fingerprint density at radius 1 is 1.18 bits per heavy atom. The Hall–Kier alpha value is -2.37. The highest BCUT2D eigenvalue weighted by atomic mass is 16.2. The highest BCUT2D eigenvalue weighted by Gasteiger charge is 2.30. The summed E-state index contributed by atoms with van der Waals surface area (Å²) in [6.45, 7) is 0. The van der Waals surface area contributed by atoms with Gasteiger partial charge in [0.15, 0.2) is 0 Å². The first kappa shape index (κ1) is 14.6. The van der Waals surface area contributed by atoms with Gasteiger partial charge in [-0.15, -0.1) is 0 Å². The van der Waals surface area contributed by atoms with Crippen LogP contribution in [0, 0.1) is 0 Å². The normalized spacial score (nSPS) is 21.5. The summed E-state index contributed by atoms with van der Waals surface area (Å²) < 4.78 is 0. The summed E-state index contributed by atoms with van der Waals surface area (Å²) >= 11 is 0. The number of hydrogen-bond donors (Lipinski definition) is 3. The Morgan fingerprint density at radius 2 is 1.91 bits per heavy atom. The van der Waals surface area contributed by atoms with Crippen LogP contribution in [0.3, 0.4) is 0 Å². The summed E-state index contributed by atoms with van der Waals surface area (Å²) in [5.74, 6) is -0.897. The van der Waals surface area contributed by atoms with Gasteiger partial charge in [-0.05, 0) is 25.0 Å². The van der Waals surface area contributed by atoms with E-state index in [1.54, 1.807) is 24.3 Å². The number of hydrogen-bond acceptors (Lipinski definition) is 3. The number of para-hydroxylation sites is 1. The van der Waals surface area contributed by atoms with Gasteiger partial charge in [-0.25, -0.2) is 0 Å². The zero-order valence-electron chi connectivity index (χ0n) is 12.2. The van der Waals surface area contributed by atoms with E-state index in [2.05, 4.69) is 16.0 Å². The number of benzene rings is 1. The minimum atomic E-state index is -0.846. The molecular weight excluding hydrogens is 282 g/mol. The number of carbonyl (C=O) groups excluding carboxylic acids is 3. The van der Waals surface area contributed by atoms with Crippen LogP contribution in [-0.4, -0.2) is 29.8 Å². The number of fused-ring (bicyclic) bond motifs is 1. The number of anilines is 1. The van der Waals surface area contributed by atoms with Crippen LogP contribution >= 0.6 is 0 Å². The molecule has 1 aromatic rings. The van der Waals surface area contributed by atoms with Crippen molar-refractivity contribution in [2.75, 3.05) is 5.32 Å². The molecule has 0 bridgehead atoms. The van der Waals surface area contributed by atoms with E-state index in [4.69, 9.17) is 0 Å². The molecule has 6 nitrogen and oxygen atoms in total. The predicted molar refractivity (Wildman–Crippen MR) is 81.3 cm³/mol. The molecule has 0 spiro atoms. The second-order valence-corrected chi connectivity index (χ2v) is 5.81. The molecule has 1 aliphatic heterocycles. The number of carbonyl (C=O) groups is 3. The molecule has 1 unspecified atom stereocenters. The van der Waals surface area contributed by atoms with Crippen molar-refractivity contribution in [1.29, 1.82) is 0 Å². The molecule has 1 atom stereocenters. The lowest BCUT2D eigenvalue weighted by Gasteiger charge is -2.16. The Bertz CT molecular complexity index is 608. The second-order valence-electron chi connectivity index (χ2n) is 5.81. The molecule has 22 heavy (non-hydrogen) atoms. The Balaban J connectivity index is 1.66. The van der Waals surface area contributed by atoms with Gasteiger partial charge in [-0.2, -0.15) is 0 Å². The van der Waals surface area contributed by atoms with Crippen molar-refractivity contribution in [3.05, 3.63) is 29.8 Å². The van der Waals surface area contributed by atoms with Crippen molar-refractivity contribution < 1.29 is 14.4 Å². The van der Waals surface area contributed by atoms with Gasteiger partial charge in [-0.1, -0.05) is 25.0 Å². The lowest BCUT2D eigenvalue weighted by molar-refractivity contribution is -0.126. The molecule has 1 aliphatic carbocycles. The zero-order valence-corrected chi connectivity index (χ0v) is 12.2. The van der Waals surface area contributed by atoms with Crippen LogP contribution in [0.5, 0.6) is 0 Å². The third kappa shape index (κ3) is 3.10. The van der Waals surface area contributed by atoms with Crippen molar-refractivity contribution in [3.8, 4) is 0 Å². The van der Waals surface area contributed by atoms with Crippen molar-refractivity contribution in [1.82, 2.24) is 10.6 Å². The van der Waals surface area contributed by atoms with E-state index in [0.717, 1.165) is 25.7 Å². The van der Waals surface area contributed by atoms with E-state index < -0.39 is 6.04 Å². The Morgan fingerprint density at radius 3 is 2.68 bits per heavy atom. The molecule has 0 saturated heterocycles. The number of nitrogens with one attached hydrogen (secondary N) is 3. The average molecular weight is 301 g/mol. The highest BCUT2D eigenvalue weighted by Crippen LogP contribution is 2.20. The molecule has 1 fully saturated rings. The maximum absolute atomic E-state index is 12.2. The van der Waals surface area contributed by atoms with E-state index in [9.17, 15) is 14.4 Å². The Kier molecular flexibility index (Phi) is 4.09. The van der Waals surface area contributed by atoms with Gasteiger partial charge >= 0.3 is 0 Å². The summed E-state index contributed by atoms with van der Waals surface area (Å²) in [4.78, 5) is 36.4. The van der Waals surface area contributed by atoms with Crippen molar-refractivity contribution in [2.45, 2.75) is 44.2 Å². The van der Waals surface area contributed by atoms with Gasteiger partial charge in [0, 0.05) is 6.04 Å². The maximum atomic E-state index is 12.2. The smallest absolute Gasteiger partial charge is 0.254 e. The molecule has 0 radical (unpaired) electrons. The van der Waals surface area contributed by atoms with Crippen LogP contribution in [0.1, 0.15) is 42.5 Å². The fraction of sp³-hybridized carbons (Fsp3) is 0.438. The molecular formula is C16H19N3O3. The van der Waals surface area contributed by atoms with Crippen LogP contribution in [0.25, 0.3) is 0 Å². The first-order valence-electron chi connectivity index (χ1n) is 7.63. The molecule has 3 rings (SSSR count). The molecule has 3 amide bonds. The summed E-state index contributed by atoms with van der Waals surface area (Å²) in [5, 5.41) is 8.26. The van der Waals surface area contributed by atoms with Gasteiger partial charge in [0.1, 0.15) is 6.04 Å².